The smallest absolute Gasteiger partial charge is 0.317 e. The summed E-state index contributed by atoms with van der Waals surface area (Å²) in [4.78, 5) is 10.4. The highest BCUT2D eigenvalue weighted by Crippen LogP contribution is 2.21. The van der Waals surface area contributed by atoms with Gasteiger partial charge >= 0.3 is 5.97 Å². The molecular weight excluding hydrogens is 204 g/mol. The Balaban J connectivity index is 1.99. The monoisotopic (exact) mass is 220 g/mol. The lowest BCUT2D eigenvalue weighted by atomic mass is 9.94. The van der Waals surface area contributed by atoms with Crippen molar-refractivity contribution in [3.05, 3.63) is 35.4 Å². The average molecular weight is 220 g/mol. The second kappa shape index (κ2) is 5.09. The van der Waals surface area contributed by atoms with Crippen molar-refractivity contribution in [2.24, 2.45) is 0 Å². The molecule has 1 aromatic carbocycles. The van der Waals surface area contributed by atoms with Crippen LogP contribution in [0.15, 0.2) is 24.3 Å². The van der Waals surface area contributed by atoms with Crippen molar-refractivity contribution in [2.45, 2.75) is 12.5 Å². The van der Waals surface area contributed by atoms with Gasteiger partial charge in [-0.05, 0) is 24.1 Å². The van der Waals surface area contributed by atoms with E-state index in [-0.39, 0.29) is 12.6 Å². The zero-order valence-electron chi connectivity index (χ0n) is 9.07. The summed E-state index contributed by atoms with van der Waals surface area (Å²) in [5.41, 5.74) is 2.65. The van der Waals surface area contributed by atoms with Crippen LogP contribution in [0.3, 0.4) is 0 Å². The van der Waals surface area contributed by atoms with Gasteiger partial charge in [0, 0.05) is 12.6 Å². The summed E-state index contributed by atoms with van der Waals surface area (Å²) < 4.78 is 0. The van der Waals surface area contributed by atoms with Crippen molar-refractivity contribution in [3.8, 4) is 0 Å². The molecule has 86 valence electrons. The van der Waals surface area contributed by atoms with Gasteiger partial charge in [0.1, 0.15) is 0 Å². The van der Waals surface area contributed by atoms with E-state index < -0.39 is 5.97 Å². The standard InChI is InChI=1S/C12H16N2O2/c15-12(16)8-13-7-11-10-4-2-1-3-9(10)5-6-14-11/h1-4,11,13-14H,5-8H2,(H,15,16). The number of fused-ring (bicyclic) bond motifs is 1. The van der Waals surface area contributed by atoms with Gasteiger partial charge in [0.15, 0.2) is 0 Å². The fourth-order valence-corrected chi connectivity index (χ4v) is 2.10. The molecule has 1 heterocycles. The first-order chi connectivity index (χ1) is 7.77. The zero-order valence-corrected chi connectivity index (χ0v) is 9.07. The highest BCUT2D eigenvalue weighted by molar-refractivity contribution is 5.69. The van der Waals surface area contributed by atoms with E-state index in [2.05, 4.69) is 22.8 Å². The number of carbonyl (C=O) groups is 1. The minimum absolute atomic E-state index is 0.0142. The summed E-state index contributed by atoms with van der Waals surface area (Å²) >= 11 is 0. The van der Waals surface area contributed by atoms with E-state index >= 15 is 0 Å². The second-order valence-electron chi connectivity index (χ2n) is 3.98. The van der Waals surface area contributed by atoms with Crippen LogP contribution in [-0.2, 0) is 11.2 Å². The summed E-state index contributed by atoms with van der Waals surface area (Å²) in [5.74, 6) is -0.816. The number of rotatable bonds is 4. The summed E-state index contributed by atoms with van der Waals surface area (Å²) in [6, 6.07) is 8.54. The van der Waals surface area contributed by atoms with Gasteiger partial charge in [-0.3, -0.25) is 4.79 Å². The predicted octanol–water partition coefficient (Wildman–Crippen LogP) is 0.548. The molecular formula is C12H16N2O2. The Morgan fingerprint density at radius 2 is 2.31 bits per heavy atom. The fourth-order valence-electron chi connectivity index (χ4n) is 2.10. The van der Waals surface area contributed by atoms with Crippen molar-refractivity contribution in [1.82, 2.24) is 10.6 Å². The molecule has 0 amide bonds. The van der Waals surface area contributed by atoms with Crippen molar-refractivity contribution < 1.29 is 9.90 Å². The van der Waals surface area contributed by atoms with Gasteiger partial charge in [-0.2, -0.15) is 0 Å². The number of hydrogen-bond donors (Lipinski definition) is 3. The lowest BCUT2D eigenvalue weighted by molar-refractivity contribution is -0.135. The first-order valence-electron chi connectivity index (χ1n) is 5.51. The third-order valence-electron chi connectivity index (χ3n) is 2.84. The topological polar surface area (TPSA) is 61.4 Å². The number of carboxylic acids is 1. The van der Waals surface area contributed by atoms with Crippen LogP contribution in [-0.4, -0.2) is 30.7 Å². The minimum atomic E-state index is -0.816. The first-order valence-corrected chi connectivity index (χ1v) is 5.51. The van der Waals surface area contributed by atoms with Gasteiger partial charge < -0.3 is 15.7 Å². The highest BCUT2D eigenvalue weighted by atomic mass is 16.4. The van der Waals surface area contributed by atoms with E-state index in [1.165, 1.54) is 11.1 Å². The summed E-state index contributed by atoms with van der Waals surface area (Å²) in [6.45, 7) is 1.63. The molecule has 0 bridgehead atoms. The van der Waals surface area contributed by atoms with Gasteiger partial charge in [0.2, 0.25) is 0 Å². The molecule has 0 spiro atoms. The molecule has 0 aliphatic carbocycles. The molecule has 0 saturated carbocycles. The van der Waals surface area contributed by atoms with E-state index in [1.807, 2.05) is 12.1 Å². The third-order valence-corrected chi connectivity index (χ3v) is 2.84. The third kappa shape index (κ3) is 2.59. The molecule has 0 aromatic heterocycles. The Bertz CT molecular complexity index is 379. The van der Waals surface area contributed by atoms with Crippen LogP contribution < -0.4 is 10.6 Å². The Morgan fingerprint density at radius 3 is 3.12 bits per heavy atom. The fraction of sp³-hybridized carbons (Fsp3) is 0.417. The predicted molar refractivity (Wildman–Crippen MR) is 61.4 cm³/mol. The van der Waals surface area contributed by atoms with E-state index in [0.29, 0.717) is 6.54 Å². The maximum atomic E-state index is 10.4. The summed E-state index contributed by atoms with van der Waals surface area (Å²) in [7, 11) is 0. The van der Waals surface area contributed by atoms with E-state index in [1.54, 1.807) is 0 Å². The molecule has 1 aliphatic rings. The van der Waals surface area contributed by atoms with E-state index in [0.717, 1.165) is 13.0 Å². The van der Waals surface area contributed by atoms with Crippen LogP contribution in [0.1, 0.15) is 17.2 Å². The van der Waals surface area contributed by atoms with Crippen LogP contribution in [0.4, 0.5) is 0 Å². The average Bonchev–Trinajstić information content (AvgIpc) is 2.29. The van der Waals surface area contributed by atoms with Gasteiger partial charge in [-0.15, -0.1) is 0 Å². The zero-order chi connectivity index (χ0) is 11.4. The molecule has 0 saturated heterocycles. The van der Waals surface area contributed by atoms with Crippen molar-refractivity contribution in [3.63, 3.8) is 0 Å². The van der Waals surface area contributed by atoms with Crippen molar-refractivity contribution in [1.29, 1.82) is 0 Å². The Labute approximate surface area is 94.7 Å². The van der Waals surface area contributed by atoms with Gasteiger partial charge in [-0.25, -0.2) is 0 Å². The molecule has 3 N–H and O–H groups in total. The lowest BCUT2D eigenvalue weighted by Crippen LogP contribution is -2.38. The van der Waals surface area contributed by atoms with Crippen LogP contribution in [0, 0.1) is 0 Å². The molecule has 1 aromatic rings. The van der Waals surface area contributed by atoms with E-state index in [4.69, 9.17) is 5.11 Å². The van der Waals surface area contributed by atoms with Crippen molar-refractivity contribution in [2.75, 3.05) is 19.6 Å². The largest absolute Gasteiger partial charge is 0.480 e. The number of benzene rings is 1. The van der Waals surface area contributed by atoms with E-state index in [9.17, 15) is 4.79 Å². The second-order valence-corrected chi connectivity index (χ2v) is 3.98. The molecule has 0 fully saturated rings. The maximum Gasteiger partial charge on any atom is 0.317 e. The summed E-state index contributed by atoms with van der Waals surface area (Å²) in [6.07, 6.45) is 1.05. The van der Waals surface area contributed by atoms with Gasteiger partial charge in [0.25, 0.3) is 0 Å². The molecule has 0 radical (unpaired) electrons. The SMILES string of the molecule is O=C(O)CNCC1NCCc2ccccc21. The number of carboxylic acid groups (broad SMARTS) is 1. The molecule has 4 heteroatoms. The van der Waals surface area contributed by atoms with Crippen LogP contribution in [0.5, 0.6) is 0 Å². The molecule has 1 atom stereocenters. The highest BCUT2D eigenvalue weighted by Gasteiger charge is 2.18. The van der Waals surface area contributed by atoms with Crippen LogP contribution in [0.2, 0.25) is 0 Å². The van der Waals surface area contributed by atoms with Gasteiger partial charge in [0.05, 0.1) is 6.54 Å². The first kappa shape index (κ1) is 11.1. The quantitative estimate of drug-likeness (QED) is 0.693. The Hall–Kier alpha value is -1.39. The number of hydrogen-bond acceptors (Lipinski definition) is 3. The molecule has 2 rings (SSSR count). The van der Waals surface area contributed by atoms with Crippen LogP contribution >= 0.6 is 0 Å². The number of nitrogens with one attached hydrogen (secondary N) is 2. The minimum Gasteiger partial charge on any atom is -0.480 e. The Morgan fingerprint density at radius 1 is 1.50 bits per heavy atom. The molecule has 1 unspecified atom stereocenters. The number of aliphatic carboxylic acids is 1. The maximum absolute atomic E-state index is 10.4. The summed E-state index contributed by atoms with van der Waals surface area (Å²) in [5, 5.41) is 14.9. The normalized spacial score (nSPS) is 19.1. The lowest BCUT2D eigenvalue weighted by Gasteiger charge is -2.26. The Kier molecular flexibility index (Phi) is 3.54. The molecule has 16 heavy (non-hydrogen) atoms. The molecule has 1 aliphatic heterocycles. The molecule has 4 nitrogen and oxygen atoms in total. The van der Waals surface area contributed by atoms with Crippen LogP contribution in [0.25, 0.3) is 0 Å². The van der Waals surface area contributed by atoms with Crippen molar-refractivity contribution >= 4 is 5.97 Å². The van der Waals surface area contributed by atoms with Gasteiger partial charge in [-0.1, -0.05) is 24.3 Å².